The van der Waals surface area contributed by atoms with Crippen molar-refractivity contribution in [3.63, 3.8) is 0 Å². The lowest BCUT2D eigenvalue weighted by Gasteiger charge is -2.16. The van der Waals surface area contributed by atoms with Crippen LogP contribution >= 0.6 is 0 Å². The first-order chi connectivity index (χ1) is 8.63. The van der Waals surface area contributed by atoms with E-state index in [1.165, 1.54) is 0 Å². The van der Waals surface area contributed by atoms with Crippen LogP contribution in [-0.2, 0) is 0 Å². The number of rotatable bonds is 3. The first kappa shape index (κ1) is 12.8. The van der Waals surface area contributed by atoms with Gasteiger partial charge in [-0.2, -0.15) is 0 Å². The summed E-state index contributed by atoms with van der Waals surface area (Å²) in [6.07, 6.45) is 1.90. The highest BCUT2D eigenvalue weighted by atomic mass is 19.1. The van der Waals surface area contributed by atoms with Crippen molar-refractivity contribution in [1.82, 2.24) is 4.90 Å². The van der Waals surface area contributed by atoms with E-state index in [-0.39, 0.29) is 17.2 Å². The molecule has 1 aliphatic rings. The summed E-state index contributed by atoms with van der Waals surface area (Å²) in [5.74, 6) is -1.74. The average Bonchev–Trinajstić information content (AvgIpc) is 2.86. The number of benzene rings is 1. The van der Waals surface area contributed by atoms with Gasteiger partial charge in [0, 0.05) is 25.2 Å². The lowest BCUT2D eigenvalue weighted by atomic mass is 10.1. The van der Waals surface area contributed by atoms with Gasteiger partial charge in [-0.3, -0.25) is 4.79 Å². The molecule has 0 radical (unpaired) electrons. The van der Waals surface area contributed by atoms with E-state index in [4.69, 9.17) is 0 Å². The number of halogens is 2. The van der Waals surface area contributed by atoms with Gasteiger partial charge in [-0.25, -0.2) is 8.78 Å². The molecule has 5 heteroatoms. The van der Waals surface area contributed by atoms with Crippen LogP contribution in [0.15, 0.2) is 12.1 Å². The van der Waals surface area contributed by atoms with Gasteiger partial charge in [-0.1, -0.05) is 0 Å². The van der Waals surface area contributed by atoms with Crippen molar-refractivity contribution in [1.29, 1.82) is 0 Å². The Hall–Kier alpha value is -1.65. The summed E-state index contributed by atoms with van der Waals surface area (Å²) in [6, 6.07) is 2.20. The van der Waals surface area contributed by atoms with E-state index in [0.717, 1.165) is 25.0 Å². The van der Waals surface area contributed by atoms with E-state index in [1.807, 2.05) is 0 Å². The molecule has 1 aromatic carbocycles. The average molecular weight is 254 g/mol. The minimum Gasteiger partial charge on any atom is -0.381 e. The van der Waals surface area contributed by atoms with Crippen molar-refractivity contribution in [2.45, 2.75) is 19.8 Å². The number of carbonyl (C=O) groups is 1. The molecule has 1 saturated heterocycles. The molecule has 0 saturated carbocycles. The first-order valence-corrected chi connectivity index (χ1v) is 6.15. The molecular formula is C13H16F2N2O. The number of anilines is 1. The fraction of sp³-hybridized carbons (Fsp3) is 0.462. The van der Waals surface area contributed by atoms with E-state index in [2.05, 4.69) is 5.32 Å². The summed E-state index contributed by atoms with van der Waals surface area (Å²) in [7, 11) is 0. The third-order valence-corrected chi connectivity index (χ3v) is 3.04. The Bertz CT molecular complexity index is 433. The van der Waals surface area contributed by atoms with Crippen LogP contribution in [0, 0.1) is 11.6 Å². The minimum atomic E-state index is -0.723. The van der Waals surface area contributed by atoms with Crippen LogP contribution in [0.4, 0.5) is 14.5 Å². The van der Waals surface area contributed by atoms with Crippen molar-refractivity contribution in [2.24, 2.45) is 0 Å². The molecule has 0 spiro atoms. The van der Waals surface area contributed by atoms with Crippen molar-refractivity contribution < 1.29 is 13.6 Å². The van der Waals surface area contributed by atoms with Crippen molar-refractivity contribution in [3.8, 4) is 0 Å². The Labute approximate surface area is 105 Å². The molecule has 1 N–H and O–H groups in total. The Balaban J connectivity index is 2.26. The number of nitrogens with zero attached hydrogens (tertiary/aromatic N) is 1. The molecule has 0 atom stereocenters. The van der Waals surface area contributed by atoms with Crippen LogP contribution in [0.3, 0.4) is 0 Å². The van der Waals surface area contributed by atoms with Crippen molar-refractivity contribution in [3.05, 3.63) is 29.3 Å². The third-order valence-electron chi connectivity index (χ3n) is 3.04. The van der Waals surface area contributed by atoms with E-state index in [9.17, 15) is 13.6 Å². The van der Waals surface area contributed by atoms with E-state index >= 15 is 0 Å². The van der Waals surface area contributed by atoms with E-state index in [1.54, 1.807) is 11.8 Å². The molecule has 1 aliphatic heterocycles. The van der Waals surface area contributed by atoms with Crippen molar-refractivity contribution >= 4 is 11.6 Å². The van der Waals surface area contributed by atoms with Gasteiger partial charge in [0.05, 0.1) is 0 Å². The van der Waals surface area contributed by atoms with Crippen LogP contribution in [0.2, 0.25) is 0 Å². The molecule has 0 aromatic heterocycles. The molecular weight excluding hydrogens is 238 g/mol. The second kappa shape index (κ2) is 5.33. The molecule has 98 valence electrons. The zero-order valence-corrected chi connectivity index (χ0v) is 10.3. The number of hydrogen-bond donors (Lipinski definition) is 1. The highest BCUT2D eigenvalue weighted by Crippen LogP contribution is 2.22. The Kier molecular flexibility index (Phi) is 3.79. The summed E-state index contributed by atoms with van der Waals surface area (Å²) in [4.78, 5) is 13.6. The van der Waals surface area contributed by atoms with Gasteiger partial charge < -0.3 is 10.2 Å². The number of likely N-dealkylation sites (tertiary alicyclic amines) is 1. The Morgan fingerprint density at radius 1 is 1.28 bits per heavy atom. The molecule has 0 bridgehead atoms. The molecule has 2 rings (SSSR count). The lowest BCUT2D eigenvalue weighted by Crippen LogP contribution is -2.27. The summed E-state index contributed by atoms with van der Waals surface area (Å²) in [6.45, 7) is 3.50. The Morgan fingerprint density at radius 3 is 2.33 bits per heavy atom. The third kappa shape index (κ3) is 2.44. The van der Waals surface area contributed by atoms with Crippen LogP contribution < -0.4 is 5.32 Å². The number of carbonyl (C=O) groups excluding carboxylic acids is 1. The van der Waals surface area contributed by atoms with Gasteiger partial charge >= 0.3 is 0 Å². The first-order valence-electron chi connectivity index (χ1n) is 6.15. The van der Waals surface area contributed by atoms with Crippen molar-refractivity contribution in [2.75, 3.05) is 25.0 Å². The predicted octanol–water partition coefficient (Wildman–Crippen LogP) is 2.63. The van der Waals surface area contributed by atoms with Crippen LogP contribution in [0.1, 0.15) is 30.1 Å². The standard InChI is InChI=1S/C13H16F2N2O/c1-2-16-12-10(14)7-9(8-11(12)15)13(18)17-5-3-4-6-17/h7-8,16H,2-6H2,1H3. The largest absolute Gasteiger partial charge is 0.381 e. The van der Waals surface area contributed by atoms with Crippen LogP contribution in [0.25, 0.3) is 0 Å². The fourth-order valence-corrected chi connectivity index (χ4v) is 2.15. The quantitative estimate of drug-likeness (QED) is 0.899. The minimum absolute atomic E-state index is 0.0774. The summed E-state index contributed by atoms with van der Waals surface area (Å²) >= 11 is 0. The normalized spacial score (nSPS) is 14.9. The summed E-state index contributed by atoms with van der Waals surface area (Å²) in [5, 5.41) is 2.60. The highest BCUT2D eigenvalue weighted by Gasteiger charge is 2.22. The van der Waals surface area contributed by atoms with E-state index in [0.29, 0.717) is 19.6 Å². The second-order valence-corrected chi connectivity index (χ2v) is 4.34. The maximum atomic E-state index is 13.7. The maximum Gasteiger partial charge on any atom is 0.254 e. The smallest absolute Gasteiger partial charge is 0.254 e. The van der Waals surface area contributed by atoms with Crippen LogP contribution in [0.5, 0.6) is 0 Å². The molecule has 0 unspecified atom stereocenters. The summed E-state index contributed by atoms with van der Waals surface area (Å²) < 4.78 is 27.3. The summed E-state index contributed by atoms with van der Waals surface area (Å²) in [5.41, 5.74) is -0.0935. The van der Waals surface area contributed by atoms with Gasteiger partial charge in [0.2, 0.25) is 0 Å². The number of hydrogen-bond acceptors (Lipinski definition) is 2. The second-order valence-electron chi connectivity index (χ2n) is 4.34. The molecule has 18 heavy (non-hydrogen) atoms. The van der Waals surface area contributed by atoms with Crippen LogP contribution in [-0.4, -0.2) is 30.4 Å². The lowest BCUT2D eigenvalue weighted by molar-refractivity contribution is 0.0792. The number of nitrogens with one attached hydrogen (secondary N) is 1. The predicted molar refractivity (Wildman–Crippen MR) is 65.7 cm³/mol. The maximum absolute atomic E-state index is 13.7. The van der Waals surface area contributed by atoms with E-state index < -0.39 is 11.6 Å². The molecule has 1 fully saturated rings. The van der Waals surface area contributed by atoms with Gasteiger partial charge in [-0.15, -0.1) is 0 Å². The topological polar surface area (TPSA) is 32.3 Å². The monoisotopic (exact) mass is 254 g/mol. The van der Waals surface area contributed by atoms with Gasteiger partial charge in [0.25, 0.3) is 5.91 Å². The SMILES string of the molecule is CCNc1c(F)cc(C(=O)N2CCCC2)cc1F. The molecule has 1 heterocycles. The van der Waals surface area contributed by atoms with Gasteiger partial charge in [0.1, 0.15) is 17.3 Å². The fourth-order valence-electron chi connectivity index (χ4n) is 2.15. The van der Waals surface area contributed by atoms with Gasteiger partial charge in [0.15, 0.2) is 0 Å². The number of amides is 1. The zero-order valence-electron chi connectivity index (χ0n) is 10.3. The van der Waals surface area contributed by atoms with Gasteiger partial charge in [-0.05, 0) is 31.9 Å². The molecule has 0 aliphatic carbocycles. The molecule has 1 aromatic rings. The Morgan fingerprint density at radius 2 is 1.83 bits per heavy atom. The molecule has 3 nitrogen and oxygen atoms in total. The highest BCUT2D eigenvalue weighted by molar-refractivity contribution is 5.94. The zero-order chi connectivity index (χ0) is 13.1. The molecule has 1 amide bonds.